The van der Waals surface area contributed by atoms with Crippen LogP contribution in [-0.2, 0) is 6.42 Å². The molecule has 0 aliphatic rings. The fourth-order valence-electron chi connectivity index (χ4n) is 1.48. The maximum absolute atomic E-state index is 9.87. The Labute approximate surface area is 88.4 Å². The molecule has 0 amide bonds. The molecule has 0 spiro atoms. The second kappa shape index (κ2) is 4.28. The number of aryl methyl sites for hydroxylation is 1. The van der Waals surface area contributed by atoms with Crippen molar-refractivity contribution in [1.29, 1.82) is 0 Å². The Balaban J connectivity index is 2.07. The van der Waals surface area contributed by atoms with Gasteiger partial charge in [0.2, 0.25) is 0 Å². The molecule has 1 N–H and O–H groups in total. The second-order valence-electron chi connectivity index (χ2n) is 3.53. The van der Waals surface area contributed by atoms with Gasteiger partial charge >= 0.3 is 0 Å². The summed E-state index contributed by atoms with van der Waals surface area (Å²) in [6.45, 7) is 1.86. The van der Waals surface area contributed by atoms with Gasteiger partial charge in [-0.25, -0.2) is 0 Å². The molecule has 3 nitrogen and oxygen atoms in total. The topological polar surface area (TPSA) is 46.3 Å². The fourth-order valence-corrected chi connectivity index (χ4v) is 1.48. The molecule has 15 heavy (non-hydrogen) atoms. The zero-order chi connectivity index (χ0) is 10.7. The molecule has 2 aromatic heterocycles. The summed E-state index contributed by atoms with van der Waals surface area (Å²) in [5.41, 5.74) is 0.999. The molecule has 0 bridgehead atoms. The normalized spacial score (nSPS) is 12.7. The number of aliphatic hydroxyl groups is 1. The quantitative estimate of drug-likeness (QED) is 0.832. The maximum Gasteiger partial charge on any atom is 0.132 e. The van der Waals surface area contributed by atoms with Crippen LogP contribution in [-0.4, -0.2) is 10.1 Å². The van der Waals surface area contributed by atoms with E-state index in [1.54, 1.807) is 18.5 Å². The van der Waals surface area contributed by atoms with Crippen LogP contribution in [0.5, 0.6) is 0 Å². The number of hydrogen-bond acceptors (Lipinski definition) is 3. The molecular weight excluding hydrogens is 190 g/mol. The third kappa shape index (κ3) is 2.44. The minimum atomic E-state index is -0.595. The van der Waals surface area contributed by atoms with E-state index in [0.29, 0.717) is 12.2 Å². The highest BCUT2D eigenvalue weighted by atomic mass is 16.4. The number of pyridine rings is 1. The highest BCUT2D eigenvalue weighted by Crippen LogP contribution is 2.19. The maximum atomic E-state index is 9.87. The van der Waals surface area contributed by atoms with Crippen LogP contribution in [0.2, 0.25) is 0 Å². The predicted octanol–water partition coefficient (Wildman–Crippen LogP) is 2.26. The van der Waals surface area contributed by atoms with Gasteiger partial charge in [-0.15, -0.1) is 0 Å². The molecule has 2 aromatic rings. The SMILES string of the molecule is Cc1ccc(C(O)Cc2cccnc2)o1. The van der Waals surface area contributed by atoms with E-state index < -0.39 is 6.10 Å². The number of nitrogens with zero attached hydrogens (tertiary/aromatic N) is 1. The van der Waals surface area contributed by atoms with Crippen molar-refractivity contribution in [3.05, 3.63) is 53.7 Å². The van der Waals surface area contributed by atoms with E-state index in [1.807, 2.05) is 25.1 Å². The van der Waals surface area contributed by atoms with Crippen molar-refractivity contribution in [3.63, 3.8) is 0 Å². The van der Waals surface area contributed by atoms with Crippen LogP contribution in [0.3, 0.4) is 0 Å². The minimum absolute atomic E-state index is 0.529. The van der Waals surface area contributed by atoms with E-state index in [0.717, 1.165) is 11.3 Å². The third-order valence-electron chi connectivity index (χ3n) is 2.24. The summed E-state index contributed by atoms with van der Waals surface area (Å²) in [5, 5.41) is 9.87. The van der Waals surface area contributed by atoms with E-state index in [4.69, 9.17) is 4.42 Å². The van der Waals surface area contributed by atoms with Gasteiger partial charge in [0.05, 0.1) is 0 Å². The lowest BCUT2D eigenvalue weighted by Gasteiger charge is -2.06. The second-order valence-corrected chi connectivity index (χ2v) is 3.53. The minimum Gasteiger partial charge on any atom is -0.464 e. The smallest absolute Gasteiger partial charge is 0.132 e. The Morgan fingerprint density at radius 3 is 2.87 bits per heavy atom. The molecule has 78 valence electrons. The molecule has 2 rings (SSSR count). The van der Waals surface area contributed by atoms with Gasteiger partial charge in [-0.2, -0.15) is 0 Å². The van der Waals surface area contributed by atoms with Crippen molar-refractivity contribution in [2.75, 3.05) is 0 Å². The number of aromatic nitrogens is 1. The van der Waals surface area contributed by atoms with Crippen LogP contribution in [0.15, 0.2) is 41.1 Å². The molecule has 0 saturated carbocycles. The van der Waals surface area contributed by atoms with Crippen molar-refractivity contribution >= 4 is 0 Å². The van der Waals surface area contributed by atoms with Crippen molar-refractivity contribution in [2.45, 2.75) is 19.4 Å². The van der Waals surface area contributed by atoms with Crippen LogP contribution >= 0.6 is 0 Å². The van der Waals surface area contributed by atoms with Crippen LogP contribution in [0, 0.1) is 6.92 Å². The summed E-state index contributed by atoms with van der Waals surface area (Å²) in [4.78, 5) is 3.99. The van der Waals surface area contributed by atoms with Crippen LogP contribution in [0.4, 0.5) is 0 Å². The average Bonchev–Trinajstić information content (AvgIpc) is 2.66. The zero-order valence-corrected chi connectivity index (χ0v) is 8.55. The number of rotatable bonds is 3. The van der Waals surface area contributed by atoms with Gasteiger partial charge in [0.25, 0.3) is 0 Å². The lowest BCUT2D eigenvalue weighted by molar-refractivity contribution is 0.148. The molecule has 3 heteroatoms. The molecule has 0 aromatic carbocycles. The average molecular weight is 203 g/mol. The first kappa shape index (κ1) is 9.93. The molecule has 0 radical (unpaired) electrons. The number of aliphatic hydroxyl groups excluding tert-OH is 1. The Hall–Kier alpha value is -1.61. The van der Waals surface area contributed by atoms with Crippen LogP contribution < -0.4 is 0 Å². The van der Waals surface area contributed by atoms with E-state index in [9.17, 15) is 5.11 Å². The van der Waals surface area contributed by atoms with Crippen molar-refractivity contribution in [1.82, 2.24) is 4.98 Å². The number of furan rings is 1. The number of hydrogen-bond donors (Lipinski definition) is 1. The molecule has 0 aliphatic carbocycles. The largest absolute Gasteiger partial charge is 0.464 e. The highest BCUT2D eigenvalue weighted by molar-refractivity contribution is 5.14. The summed E-state index contributed by atoms with van der Waals surface area (Å²) in [5.74, 6) is 1.42. The zero-order valence-electron chi connectivity index (χ0n) is 8.55. The fraction of sp³-hybridized carbons (Fsp3) is 0.250. The molecule has 0 saturated heterocycles. The van der Waals surface area contributed by atoms with Crippen molar-refractivity contribution in [3.8, 4) is 0 Å². The molecule has 0 fully saturated rings. The van der Waals surface area contributed by atoms with Gasteiger partial charge in [-0.1, -0.05) is 6.07 Å². The van der Waals surface area contributed by atoms with Crippen LogP contribution in [0.25, 0.3) is 0 Å². The molecular formula is C12H13NO2. The van der Waals surface area contributed by atoms with E-state index in [-0.39, 0.29) is 0 Å². The predicted molar refractivity (Wildman–Crippen MR) is 56.3 cm³/mol. The van der Waals surface area contributed by atoms with Gasteiger partial charge in [0.15, 0.2) is 0 Å². The Morgan fingerprint density at radius 2 is 2.27 bits per heavy atom. The van der Waals surface area contributed by atoms with Gasteiger partial charge < -0.3 is 9.52 Å². The molecule has 1 atom stereocenters. The lowest BCUT2D eigenvalue weighted by Crippen LogP contribution is -2.00. The first-order valence-corrected chi connectivity index (χ1v) is 4.89. The summed E-state index contributed by atoms with van der Waals surface area (Å²) in [6, 6.07) is 7.44. The standard InChI is InChI=1S/C12H13NO2/c1-9-4-5-12(15-9)11(14)7-10-3-2-6-13-8-10/h2-6,8,11,14H,7H2,1H3. The monoisotopic (exact) mass is 203 g/mol. The van der Waals surface area contributed by atoms with Gasteiger partial charge in [0.1, 0.15) is 17.6 Å². The van der Waals surface area contributed by atoms with Gasteiger partial charge in [0, 0.05) is 18.8 Å². The summed E-state index contributed by atoms with van der Waals surface area (Å²) < 4.78 is 5.35. The van der Waals surface area contributed by atoms with E-state index >= 15 is 0 Å². The van der Waals surface area contributed by atoms with E-state index in [2.05, 4.69) is 4.98 Å². The molecule has 2 heterocycles. The van der Waals surface area contributed by atoms with Crippen LogP contribution in [0.1, 0.15) is 23.2 Å². The molecule has 0 aliphatic heterocycles. The third-order valence-corrected chi connectivity index (χ3v) is 2.24. The van der Waals surface area contributed by atoms with Gasteiger partial charge in [-0.05, 0) is 30.7 Å². The molecule has 1 unspecified atom stereocenters. The highest BCUT2D eigenvalue weighted by Gasteiger charge is 2.11. The first-order valence-electron chi connectivity index (χ1n) is 4.89. The first-order chi connectivity index (χ1) is 7.25. The lowest BCUT2D eigenvalue weighted by atomic mass is 10.1. The van der Waals surface area contributed by atoms with Crippen molar-refractivity contribution < 1.29 is 9.52 Å². The summed E-state index contributed by atoms with van der Waals surface area (Å²) >= 11 is 0. The van der Waals surface area contributed by atoms with E-state index in [1.165, 1.54) is 0 Å². The Bertz CT molecular complexity index is 422. The Morgan fingerprint density at radius 1 is 1.40 bits per heavy atom. The summed E-state index contributed by atoms with van der Waals surface area (Å²) in [7, 11) is 0. The Kier molecular flexibility index (Phi) is 2.83. The summed E-state index contributed by atoms with van der Waals surface area (Å²) in [6.07, 6.45) is 3.40. The van der Waals surface area contributed by atoms with Crippen molar-refractivity contribution in [2.24, 2.45) is 0 Å². The van der Waals surface area contributed by atoms with Gasteiger partial charge in [-0.3, -0.25) is 4.98 Å².